The van der Waals surface area contributed by atoms with Crippen LogP contribution in [-0.2, 0) is 0 Å². The Kier molecular flexibility index (Phi) is 4.09. The van der Waals surface area contributed by atoms with E-state index in [1.807, 2.05) is 12.1 Å². The quantitative estimate of drug-likeness (QED) is 0.630. The van der Waals surface area contributed by atoms with E-state index in [0.717, 1.165) is 12.8 Å². The van der Waals surface area contributed by atoms with Gasteiger partial charge in [0.2, 0.25) is 0 Å². The van der Waals surface area contributed by atoms with Crippen molar-refractivity contribution in [3.8, 4) is 0 Å². The predicted molar refractivity (Wildman–Crippen MR) is 68.8 cm³/mol. The topological polar surface area (TPSA) is 38.0 Å². The highest BCUT2D eigenvalue weighted by Gasteiger charge is 2.25. The molecule has 0 radical (unpaired) electrons. The molecular weight excluding hydrogens is 243 g/mol. The molecule has 0 heterocycles. The van der Waals surface area contributed by atoms with Crippen LogP contribution in [0, 0.1) is 0 Å². The highest BCUT2D eigenvalue weighted by molar-refractivity contribution is 6.42. The molecule has 0 amide bonds. The third kappa shape index (κ3) is 2.51. The summed E-state index contributed by atoms with van der Waals surface area (Å²) in [6.07, 6.45) is 4.78. The second-order valence-electron chi connectivity index (χ2n) is 4.34. The van der Waals surface area contributed by atoms with Crippen molar-refractivity contribution >= 4 is 23.2 Å². The molecule has 0 aliphatic heterocycles. The van der Waals surface area contributed by atoms with Crippen LogP contribution in [0.2, 0.25) is 10.0 Å². The van der Waals surface area contributed by atoms with Crippen LogP contribution in [0.15, 0.2) is 18.2 Å². The van der Waals surface area contributed by atoms with E-state index in [4.69, 9.17) is 29.0 Å². The molecular formula is C12H16Cl2N2. The van der Waals surface area contributed by atoms with Crippen LogP contribution in [-0.4, -0.2) is 6.04 Å². The Labute approximate surface area is 106 Å². The molecule has 1 aliphatic rings. The molecule has 0 saturated heterocycles. The Morgan fingerprint density at radius 1 is 1.12 bits per heavy atom. The minimum atomic E-state index is 0.353. The van der Waals surface area contributed by atoms with Crippen LogP contribution in [0.3, 0.4) is 0 Å². The maximum Gasteiger partial charge on any atom is 0.0595 e. The number of nitrogens with one attached hydrogen (secondary N) is 1. The van der Waals surface area contributed by atoms with Gasteiger partial charge in [0.1, 0.15) is 0 Å². The number of hydrazine groups is 1. The van der Waals surface area contributed by atoms with E-state index in [-0.39, 0.29) is 0 Å². The fourth-order valence-electron chi connectivity index (χ4n) is 2.47. The first-order valence-corrected chi connectivity index (χ1v) is 6.39. The van der Waals surface area contributed by atoms with Crippen LogP contribution in [0.5, 0.6) is 0 Å². The second-order valence-corrected chi connectivity index (χ2v) is 5.15. The lowest BCUT2D eigenvalue weighted by atomic mass is 9.80. The summed E-state index contributed by atoms with van der Waals surface area (Å²) in [5.41, 5.74) is 4.14. The van der Waals surface area contributed by atoms with Gasteiger partial charge in [-0.2, -0.15) is 0 Å². The Morgan fingerprint density at radius 2 is 1.88 bits per heavy atom. The summed E-state index contributed by atoms with van der Waals surface area (Å²) in [5.74, 6) is 6.04. The SMILES string of the molecule is NNC1CCCCC1c1ccc(Cl)c(Cl)c1. The molecule has 3 N–H and O–H groups in total. The van der Waals surface area contributed by atoms with Crippen molar-refractivity contribution in [3.63, 3.8) is 0 Å². The molecule has 0 aromatic heterocycles. The number of nitrogens with two attached hydrogens (primary N) is 1. The summed E-state index contributed by atoms with van der Waals surface area (Å²) in [5, 5.41) is 1.24. The Hall–Kier alpha value is -0.280. The number of halogens is 2. The zero-order valence-corrected chi connectivity index (χ0v) is 10.6. The molecule has 0 spiro atoms. The van der Waals surface area contributed by atoms with Gasteiger partial charge in [-0.15, -0.1) is 0 Å². The van der Waals surface area contributed by atoms with Crippen molar-refractivity contribution in [3.05, 3.63) is 33.8 Å². The summed E-state index contributed by atoms with van der Waals surface area (Å²) in [6, 6.07) is 6.23. The molecule has 1 aromatic carbocycles. The largest absolute Gasteiger partial charge is 0.271 e. The smallest absolute Gasteiger partial charge is 0.0595 e. The highest BCUT2D eigenvalue weighted by Crippen LogP contribution is 2.35. The Balaban J connectivity index is 2.23. The van der Waals surface area contributed by atoms with Crippen LogP contribution in [0.4, 0.5) is 0 Å². The van der Waals surface area contributed by atoms with Crippen molar-refractivity contribution in [2.75, 3.05) is 0 Å². The van der Waals surface area contributed by atoms with Crippen molar-refractivity contribution in [2.24, 2.45) is 5.84 Å². The van der Waals surface area contributed by atoms with Crippen molar-refractivity contribution in [2.45, 2.75) is 37.6 Å². The number of benzene rings is 1. The second kappa shape index (κ2) is 5.37. The van der Waals surface area contributed by atoms with Gasteiger partial charge in [-0.3, -0.25) is 11.3 Å². The number of rotatable bonds is 2. The van der Waals surface area contributed by atoms with E-state index in [0.29, 0.717) is 22.0 Å². The molecule has 1 aliphatic carbocycles. The first kappa shape index (κ1) is 12.2. The minimum Gasteiger partial charge on any atom is -0.271 e. The van der Waals surface area contributed by atoms with Crippen molar-refractivity contribution < 1.29 is 0 Å². The van der Waals surface area contributed by atoms with Crippen LogP contribution >= 0.6 is 23.2 Å². The molecule has 2 nitrogen and oxygen atoms in total. The van der Waals surface area contributed by atoms with E-state index < -0.39 is 0 Å². The van der Waals surface area contributed by atoms with Gasteiger partial charge in [0.15, 0.2) is 0 Å². The van der Waals surface area contributed by atoms with Gasteiger partial charge >= 0.3 is 0 Å². The fourth-order valence-corrected chi connectivity index (χ4v) is 2.78. The van der Waals surface area contributed by atoms with E-state index in [9.17, 15) is 0 Å². The van der Waals surface area contributed by atoms with Crippen LogP contribution in [0.1, 0.15) is 37.2 Å². The van der Waals surface area contributed by atoms with E-state index in [2.05, 4.69) is 11.5 Å². The lowest BCUT2D eigenvalue weighted by molar-refractivity contribution is 0.331. The predicted octanol–water partition coefficient (Wildman–Crippen LogP) is 3.48. The molecule has 2 atom stereocenters. The van der Waals surface area contributed by atoms with Gasteiger partial charge in [-0.05, 0) is 30.5 Å². The van der Waals surface area contributed by atoms with E-state index >= 15 is 0 Å². The summed E-state index contributed by atoms with van der Waals surface area (Å²) < 4.78 is 0. The summed E-state index contributed by atoms with van der Waals surface area (Å²) >= 11 is 12.0. The zero-order chi connectivity index (χ0) is 11.5. The van der Waals surface area contributed by atoms with Gasteiger partial charge in [-0.1, -0.05) is 42.1 Å². The maximum atomic E-state index is 6.04. The standard InChI is InChI=1S/C12H16Cl2N2/c13-10-6-5-8(7-11(10)14)9-3-1-2-4-12(9)16-15/h5-7,9,12,16H,1-4,15H2. The lowest BCUT2D eigenvalue weighted by Gasteiger charge is -2.31. The fraction of sp³-hybridized carbons (Fsp3) is 0.500. The van der Waals surface area contributed by atoms with E-state index in [1.54, 1.807) is 0 Å². The lowest BCUT2D eigenvalue weighted by Crippen LogP contribution is -2.41. The highest BCUT2D eigenvalue weighted by atomic mass is 35.5. The van der Waals surface area contributed by atoms with Gasteiger partial charge in [0, 0.05) is 12.0 Å². The van der Waals surface area contributed by atoms with Gasteiger partial charge in [0.25, 0.3) is 0 Å². The molecule has 1 fully saturated rings. The number of hydrogen-bond donors (Lipinski definition) is 2. The minimum absolute atomic E-state index is 0.353. The molecule has 2 unspecified atom stereocenters. The maximum absolute atomic E-state index is 6.04. The molecule has 2 rings (SSSR count). The van der Waals surface area contributed by atoms with Gasteiger partial charge in [0.05, 0.1) is 10.0 Å². The van der Waals surface area contributed by atoms with Crippen LogP contribution in [0.25, 0.3) is 0 Å². The first-order chi connectivity index (χ1) is 7.72. The summed E-state index contributed by atoms with van der Waals surface area (Å²) in [4.78, 5) is 0. The molecule has 88 valence electrons. The Morgan fingerprint density at radius 3 is 2.56 bits per heavy atom. The monoisotopic (exact) mass is 258 g/mol. The average Bonchev–Trinajstić information content (AvgIpc) is 2.32. The Bertz CT molecular complexity index is 368. The number of hydrogen-bond acceptors (Lipinski definition) is 2. The molecule has 16 heavy (non-hydrogen) atoms. The molecule has 1 aromatic rings. The zero-order valence-electron chi connectivity index (χ0n) is 9.05. The third-order valence-electron chi connectivity index (χ3n) is 3.35. The molecule has 1 saturated carbocycles. The van der Waals surface area contributed by atoms with Gasteiger partial charge in [-0.25, -0.2) is 0 Å². The van der Waals surface area contributed by atoms with Gasteiger partial charge < -0.3 is 0 Å². The average molecular weight is 259 g/mol. The van der Waals surface area contributed by atoms with Crippen LogP contribution < -0.4 is 11.3 Å². The molecule has 0 bridgehead atoms. The molecule has 4 heteroatoms. The third-order valence-corrected chi connectivity index (χ3v) is 4.09. The first-order valence-electron chi connectivity index (χ1n) is 5.63. The van der Waals surface area contributed by atoms with Crippen molar-refractivity contribution in [1.29, 1.82) is 0 Å². The normalized spacial score (nSPS) is 25.7. The summed E-state index contributed by atoms with van der Waals surface area (Å²) in [7, 11) is 0. The van der Waals surface area contributed by atoms with E-state index in [1.165, 1.54) is 18.4 Å². The summed E-state index contributed by atoms with van der Waals surface area (Å²) in [6.45, 7) is 0. The van der Waals surface area contributed by atoms with Crippen molar-refractivity contribution in [1.82, 2.24) is 5.43 Å².